The van der Waals surface area contributed by atoms with Gasteiger partial charge in [-0.1, -0.05) is 37.2 Å². The highest BCUT2D eigenvalue weighted by Gasteiger charge is 2.16. The van der Waals surface area contributed by atoms with E-state index in [4.69, 9.17) is 4.52 Å². The quantitative estimate of drug-likeness (QED) is 0.603. The zero-order valence-corrected chi connectivity index (χ0v) is 17.3. The number of hydrogen-bond acceptors (Lipinski definition) is 5. The van der Waals surface area contributed by atoms with Gasteiger partial charge in [-0.2, -0.15) is 0 Å². The molecule has 2 N–H and O–H groups in total. The van der Waals surface area contributed by atoms with Crippen LogP contribution >= 0.6 is 0 Å². The van der Waals surface area contributed by atoms with E-state index in [1.807, 2.05) is 12.1 Å². The van der Waals surface area contributed by atoms with E-state index in [1.54, 1.807) is 43.3 Å². The van der Waals surface area contributed by atoms with E-state index >= 15 is 0 Å². The Hall–Kier alpha value is -3.13. The Morgan fingerprint density at radius 2 is 1.79 bits per heavy atom. The van der Waals surface area contributed by atoms with Gasteiger partial charge in [0.15, 0.2) is 0 Å². The molecule has 0 aliphatic rings. The summed E-state index contributed by atoms with van der Waals surface area (Å²) in [5, 5.41) is 6.28. The number of hydrogen-bond donors (Lipinski definition) is 2. The van der Waals surface area contributed by atoms with Crippen molar-refractivity contribution in [3.8, 4) is 0 Å². The Balaban J connectivity index is 1.73. The lowest BCUT2D eigenvalue weighted by molar-refractivity contribution is 0.102. The van der Waals surface area contributed by atoms with Crippen molar-refractivity contribution in [2.24, 2.45) is 5.92 Å². The number of rotatable bonds is 7. The van der Waals surface area contributed by atoms with Crippen molar-refractivity contribution in [2.45, 2.75) is 32.1 Å². The van der Waals surface area contributed by atoms with Crippen molar-refractivity contribution in [2.75, 3.05) is 10.0 Å². The van der Waals surface area contributed by atoms with Crippen LogP contribution in [0.1, 0.15) is 35.5 Å². The van der Waals surface area contributed by atoms with E-state index in [2.05, 4.69) is 29.0 Å². The van der Waals surface area contributed by atoms with E-state index in [1.165, 1.54) is 6.20 Å². The molecule has 0 aliphatic heterocycles. The molecular weight excluding hydrogens is 390 g/mol. The molecule has 1 amide bonds. The number of nitrogens with zero attached hydrogens (tertiary/aromatic N) is 1. The molecule has 0 unspecified atom stereocenters. The van der Waals surface area contributed by atoms with E-state index in [0.717, 1.165) is 12.0 Å². The van der Waals surface area contributed by atoms with Crippen LogP contribution in [0.2, 0.25) is 0 Å². The summed E-state index contributed by atoms with van der Waals surface area (Å²) in [5.74, 6) is 0.514. The lowest BCUT2D eigenvalue weighted by atomic mass is 10.0. The molecule has 0 spiro atoms. The SMILES string of the molecule is Cc1oncc1C(=O)Nc1cccc(NS(=O)(=O)c2ccc(CC(C)C)cc2)c1. The molecule has 0 radical (unpaired) electrons. The molecule has 2 aromatic carbocycles. The Kier molecular flexibility index (Phi) is 6.03. The minimum atomic E-state index is -3.74. The molecule has 3 rings (SSSR count). The van der Waals surface area contributed by atoms with Crippen molar-refractivity contribution in [3.05, 3.63) is 71.6 Å². The van der Waals surface area contributed by atoms with Gasteiger partial charge in [0.05, 0.1) is 16.8 Å². The maximum absolute atomic E-state index is 12.7. The molecule has 152 valence electrons. The fourth-order valence-corrected chi connectivity index (χ4v) is 3.92. The summed E-state index contributed by atoms with van der Waals surface area (Å²) in [5.41, 5.74) is 2.20. The standard InChI is InChI=1S/C21H23N3O4S/c1-14(2)11-16-7-9-19(10-8-16)29(26,27)24-18-6-4-5-17(12-18)23-21(25)20-13-22-28-15(20)3/h4-10,12-14,24H,11H2,1-3H3,(H,23,25). The Morgan fingerprint density at radius 1 is 1.10 bits per heavy atom. The second-order valence-corrected chi connectivity index (χ2v) is 8.86. The first-order valence-electron chi connectivity index (χ1n) is 9.19. The fraction of sp³-hybridized carbons (Fsp3) is 0.238. The van der Waals surface area contributed by atoms with E-state index in [0.29, 0.717) is 28.6 Å². The minimum Gasteiger partial charge on any atom is -0.361 e. The van der Waals surface area contributed by atoms with Crippen LogP contribution in [0.5, 0.6) is 0 Å². The van der Waals surface area contributed by atoms with Crippen molar-refractivity contribution in [3.63, 3.8) is 0 Å². The predicted octanol–water partition coefficient (Wildman–Crippen LogP) is 4.23. The molecular formula is C21H23N3O4S. The maximum Gasteiger partial charge on any atom is 0.261 e. The van der Waals surface area contributed by atoms with Crippen LogP contribution in [-0.4, -0.2) is 19.5 Å². The molecule has 0 atom stereocenters. The lowest BCUT2D eigenvalue weighted by Crippen LogP contribution is -2.14. The van der Waals surface area contributed by atoms with E-state index in [-0.39, 0.29) is 10.8 Å². The highest BCUT2D eigenvalue weighted by molar-refractivity contribution is 7.92. The predicted molar refractivity (Wildman–Crippen MR) is 111 cm³/mol. The molecule has 0 saturated carbocycles. The van der Waals surface area contributed by atoms with E-state index < -0.39 is 10.0 Å². The van der Waals surface area contributed by atoms with Gasteiger partial charge < -0.3 is 9.84 Å². The average Bonchev–Trinajstić information content (AvgIpc) is 3.08. The van der Waals surface area contributed by atoms with Gasteiger partial charge in [0.25, 0.3) is 15.9 Å². The van der Waals surface area contributed by atoms with Gasteiger partial charge in [0.2, 0.25) is 0 Å². The highest BCUT2D eigenvalue weighted by Crippen LogP contribution is 2.21. The van der Waals surface area contributed by atoms with Crippen LogP contribution in [0.25, 0.3) is 0 Å². The van der Waals surface area contributed by atoms with Crippen LogP contribution in [0.4, 0.5) is 11.4 Å². The number of nitrogens with one attached hydrogen (secondary N) is 2. The highest BCUT2D eigenvalue weighted by atomic mass is 32.2. The van der Waals surface area contributed by atoms with Crippen molar-refractivity contribution in [1.82, 2.24) is 5.16 Å². The summed E-state index contributed by atoms with van der Waals surface area (Å²) in [6.07, 6.45) is 2.22. The molecule has 7 nitrogen and oxygen atoms in total. The first-order chi connectivity index (χ1) is 13.7. The van der Waals surface area contributed by atoms with Gasteiger partial charge in [-0.3, -0.25) is 9.52 Å². The zero-order chi connectivity index (χ0) is 21.0. The number of carbonyl (C=O) groups is 1. The lowest BCUT2D eigenvalue weighted by Gasteiger charge is -2.11. The third-order valence-corrected chi connectivity index (χ3v) is 5.64. The summed E-state index contributed by atoms with van der Waals surface area (Å²) >= 11 is 0. The Morgan fingerprint density at radius 3 is 2.41 bits per heavy atom. The van der Waals surface area contributed by atoms with Gasteiger partial charge in [-0.15, -0.1) is 0 Å². The fourth-order valence-electron chi connectivity index (χ4n) is 2.87. The summed E-state index contributed by atoms with van der Waals surface area (Å²) in [4.78, 5) is 12.5. The second-order valence-electron chi connectivity index (χ2n) is 7.18. The van der Waals surface area contributed by atoms with Crippen molar-refractivity contribution < 1.29 is 17.7 Å². The molecule has 0 aliphatic carbocycles. The van der Waals surface area contributed by atoms with Crippen molar-refractivity contribution in [1.29, 1.82) is 0 Å². The molecule has 8 heteroatoms. The number of aryl methyl sites for hydroxylation is 1. The summed E-state index contributed by atoms with van der Waals surface area (Å²) < 4.78 is 32.8. The zero-order valence-electron chi connectivity index (χ0n) is 16.5. The van der Waals surface area contributed by atoms with Crippen LogP contribution in [0, 0.1) is 12.8 Å². The molecule has 0 saturated heterocycles. The normalized spacial score (nSPS) is 11.4. The Bertz CT molecular complexity index is 1100. The van der Waals surface area contributed by atoms with Crippen LogP contribution in [0.15, 0.2) is 64.1 Å². The van der Waals surface area contributed by atoms with Gasteiger partial charge in [-0.25, -0.2) is 8.42 Å². The summed E-state index contributed by atoms with van der Waals surface area (Å²) in [6, 6.07) is 13.3. The monoisotopic (exact) mass is 413 g/mol. The summed E-state index contributed by atoms with van der Waals surface area (Å²) in [7, 11) is -3.74. The van der Waals surface area contributed by atoms with Crippen molar-refractivity contribution >= 4 is 27.3 Å². The third-order valence-electron chi connectivity index (χ3n) is 4.25. The van der Waals surface area contributed by atoms with Gasteiger partial charge in [-0.05, 0) is 55.2 Å². The number of amides is 1. The largest absolute Gasteiger partial charge is 0.361 e. The molecule has 29 heavy (non-hydrogen) atoms. The number of carbonyl (C=O) groups excluding carboxylic acids is 1. The topological polar surface area (TPSA) is 101 Å². The number of anilines is 2. The van der Waals surface area contributed by atoms with Crippen LogP contribution in [-0.2, 0) is 16.4 Å². The maximum atomic E-state index is 12.7. The first kappa shape index (κ1) is 20.6. The number of sulfonamides is 1. The minimum absolute atomic E-state index is 0.180. The first-order valence-corrected chi connectivity index (χ1v) is 10.7. The molecule has 0 bridgehead atoms. The van der Waals surface area contributed by atoms with Crippen LogP contribution in [0.3, 0.4) is 0 Å². The third kappa shape index (κ3) is 5.23. The summed E-state index contributed by atoms with van der Waals surface area (Å²) in [6.45, 7) is 5.86. The number of benzene rings is 2. The number of aromatic nitrogens is 1. The Labute approximate surface area is 170 Å². The average molecular weight is 413 g/mol. The molecule has 1 heterocycles. The molecule has 0 fully saturated rings. The molecule has 3 aromatic rings. The van der Waals surface area contributed by atoms with Gasteiger partial charge >= 0.3 is 0 Å². The van der Waals surface area contributed by atoms with E-state index in [9.17, 15) is 13.2 Å². The van der Waals surface area contributed by atoms with Gasteiger partial charge in [0.1, 0.15) is 11.3 Å². The second kappa shape index (κ2) is 8.48. The smallest absolute Gasteiger partial charge is 0.261 e. The van der Waals surface area contributed by atoms with Crippen LogP contribution < -0.4 is 10.0 Å². The van der Waals surface area contributed by atoms with Gasteiger partial charge in [0, 0.05) is 5.69 Å². The molecule has 1 aromatic heterocycles.